The van der Waals surface area contributed by atoms with Crippen molar-refractivity contribution in [1.29, 1.82) is 0 Å². The molecule has 1 aromatic carbocycles. The first-order valence-electron chi connectivity index (χ1n) is 6.72. The van der Waals surface area contributed by atoms with Gasteiger partial charge in [-0.05, 0) is 18.2 Å². The van der Waals surface area contributed by atoms with Crippen LogP contribution in [0, 0.1) is 0 Å². The summed E-state index contributed by atoms with van der Waals surface area (Å²) in [6.07, 6.45) is 0. The van der Waals surface area contributed by atoms with Crippen LogP contribution in [0.25, 0.3) is 0 Å². The standard InChI is InChI=1S/C13H17Cl2N3O3S.ClH/c1-17(9-13(19)18-6-4-16-5-7-18)22(20,21)10-2-3-11(14)12(15)8-10;/h2-3,8,16H,4-7,9H2,1H3;1H. The van der Waals surface area contributed by atoms with Crippen molar-refractivity contribution in [1.82, 2.24) is 14.5 Å². The Labute approximate surface area is 152 Å². The average Bonchev–Trinajstić information content (AvgIpc) is 2.50. The van der Waals surface area contributed by atoms with Crippen LogP contribution in [-0.2, 0) is 14.8 Å². The molecule has 10 heteroatoms. The summed E-state index contributed by atoms with van der Waals surface area (Å²) in [6, 6.07) is 4.07. The number of sulfonamides is 1. The van der Waals surface area contributed by atoms with Gasteiger partial charge < -0.3 is 10.2 Å². The molecule has 1 saturated heterocycles. The third kappa shape index (κ3) is 4.95. The van der Waals surface area contributed by atoms with Crippen molar-refractivity contribution in [2.45, 2.75) is 4.90 Å². The molecule has 6 nitrogen and oxygen atoms in total. The molecule has 0 atom stereocenters. The van der Waals surface area contributed by atoms with Crippen molar-refractivity contribution >= 4 is 51.5 Å². The van der Waals surface area contributed by atoms with Gasteiger partial charge in [-0.25, -0.2) is 8.42 Å². The van der Waals surface area contributed by atoms with Crippen LogP contribution in [0.2, 0.25) is 10.0 Å². The molecule has 1 aliphatic heterocycles. The van der Waals surface area contributed by atoms with Gasteiger partial charge in [0.15, 0.2) is 0 Å². The summed E-state index contributed by atoms with van der Waals surface area (Å²) in [5, 5.41) is 3.57. The van der Waals surface area contributed by atoms with Gasteiger partial charge in [-0.2, -0.15) is 4.31 Å². The second-order valence-electron chi connectivity index (χ2n) is 4.97. The number of rotatable bonds is 4. The molecule has 1 heterocycles. The number of likely N-dealkylation sites (N-methyl/N-ethyl adjacent to an activating group) is 1. The Bertz CT molecular complexity index is 664. The zero-order valence-electron chi connectivity index (χ0n) is 12.5. The highest BCUT2D eigenvalue weighted by atomic mass is 35.5. The molecule has 0 spiro atoms. The summed E-state index contributed by atoms with van der Waals surface area (Å²) in [5.74, 6) is -0.215. The molecule has 0 aliphatic carbocycles. The monoisotopic (exact) mass is 401 g/mol. The first-order chi connectivity index (χ1) is 10.3. The van der Waals surface area contributed by atoms with E-state index in [1.165, 1.54) is 25.2 Å². The van der Waals surface area contributed by atoms with Crippen molar-refractivity contribution in [3.05, 3.63) is 28.2 Å². The van der Waals surface area contributed by atoms with E-state index in [-0.39, 0.29) is 39.8 Å². The average molecular weight is 403 g/mol. The van der Waals surface area contributed by atoms with Crippen molar-refractivity contribution in [3.63, 3.8) is 0 Å². The van der Waals surface area contributed by atoms with E-state index < -0.39 is 10.0 Å². The number of piperazine rings is 1. The molecule has 0 radical (unpaired) electrons. The Hall–Kier alpha value is -0.570. The molecule has 130 valence electrons. The SMILES string of the molecule is CN(CC(=O)N1CCNCC1)S(=O)(=O)c1ccc(Cl)c(Cl)c1.Cl. The number of benzene rings is 1. The fourth-order valence-corrected chi connectivity index (χ4v) is 3.62. The Morgan fingerprint density at radius 1 is 1.26 bits per heavy atom. The number of carbonyl (C=O) groups excluding carboxylic acids is 1. The highest BCUT2D eigenvalue weighted by Gasteiger charge is 2.26. The highest BCUT2D eigenvalue weighted by Crippen LogP contribution is 2.26. The van der Waals surface area contributed by atoms with Gasteiger partial charge in [0.05, 0.1) is 21.5 Å². The minimum absolute atomic E-state index is 0. The number of amides is 1. The first kappa shape index (κ1) is 20.5. The van der Waals surface area contributed by atoms with E-state index in [0.717, 1.165) is 17.4 Å². The molecule has 0 aromatic heterocycles. The number of hydrogen-bond acceptors (Lipinski definition) is 4. The van der Waals surface area contributed by atoms with E-state index in [0.29, 0.717) is 13.1 Å². The van der Waals surface area contributed by atoms with Gasteiger partial charge in [0.25, 0.3) is 0 Å². The van der Waals surface area contributed by atoms with Crippen molar-refractivity contribution in [2.24, 2.45) is 0 Å². The van der Waals surface area contributed by atoms with Gasteiger partial charge in [0.1, 0.15) is 0 Å². The second kappa shape index (κ2) is 8.50. The van der Waals surface area contributed by atoms with Crippen LogP contribution < -0.4 is 5.32 Å². The Morgan fingerprint density at radius 3 is 2.43 bits per heavy atom. The Kier molecular flexibility index (Phi) is 7.57. The van der Waals surface area contributed by atoms with Crippen LogP contribution in [0.5, 0.6) is 0 Å². The first-order valence-corrected chi connectivity index (χ1v) is 8.92. The minimum Gasteiger partial charge on any atom is -0.339 e. The van der Waals surface area contributed by atoms with Crippen LogP contribution in [-0.4, -0.2) is 63.3 Å². The lowest BCUT2D eigenvalue weighted by atomic mass is 10.3. The molecular weight excluding hydrogens is 385 g/mol. The van der Waals surface area contributed by atoms with Crippen molar-refractivity contribution in [3.8, 4) is 0 Å². The fraction of sp³-hybridized carbons (Fsp3) is 0.462. The Balaban J connectivity index is 0.00000264. The van der Waals surface area contributed by atoms with Crippen LogP contribution in [0.4, 0.5) is 0 Å². The van der Waals surface area contributed by atoms with Gasteiger partial charge in [0, 0.05) is 33.2 Å². The lowest BCUT2D eigenvalue weighted by Gasteiger charge is -2.29. The van der Waals surface area contributed by atoms with Crippen LogP contribution in [0.3, 0.4) is 0 Å². The van der Waals surface area contributed by atoms with Gasteiger partial charge in [-0.3, -0.25) is 4.79 Å². The molecule has 1 N–H and O–H groups in total. The van der Waals surface area contributed by atoms with Gasteiger partial charge in [-0.1, -0.05) is 23.2 Å². The van der Waals surface area contributed by atoms with E-state index in [1.807, 2.05) is 0 Å². The summed E-state index contributed by atoms with van der Waals surface area (Å²) in [7, 11) is -2.41. The smallest absolute Gasteiger partial charge is 0.243 e. The molecular formula is C13H18Cl3N3O3S. The highest BCUT2D eigenvalue weighted by molar-refractivity contribution is 7.89. The maximum atomic E-state index is 12.5. The summed E-state index contributed by atoms with van der Waals surface area (Å²) < 4.78 is 25.9. The minimum atomic E-state index is -3.78. The largest absolute Gasteiger partial charge is 0.339 e. The van der Waals surface area contributed by atoms with Crippen LogP contribution in [0.15, 0.2) is 23.1 Å². The second-order valence-corrected chi connectivity index (χ2v) is 7.83. The predicted molar refractivity (Wildman–Crippen MR) is 93.0 cm³/mol. The topological polar surface area (TPSA) is 69.7 Å². The van der Waals surface area contributed by atoms with Gasteiger partial charge >= 0.3 is 0 Å². The molecule has 23 heavy (non-hydrogen) atoms. The zero-order valence-corrected chi connectivity index (χ0v) is 15.6. The summed E-state index contributed by atoms with van der Waals surface area (Å²) >= 11 is 11.6. The lowest BCUT2D eigenvalue weighted by molar-refractivity contribution is -0.131. The molecule has 2 rings (SSSR count). The third-order valence-corrected chi connectivity index (χ3v) is 5.97. The number of nitrogens with zero attached hydrogens (tertiary/aromatic N) is 2. The van der Waals surface area contributed by atoms with E-state index >= 15 is 0 Å². The van der Waals surface area contributed by atoms with E-state index in [1.54, 1.807) is 4.90 Å². The maximum absolute atomic E-state index is 12.5. The predicted octanol–water partition coefficient (Wildman–Crippen LogP) is 1.47. The van der Waals surface area contributed by atoms with E-state index in [2.05, 4.69) is 5.32 Å². The fourth-order valence-electron chi connectivity index (χ4n) is 2.11. The molecule has 0 bridgehead atoms. The Morgan fingerprint density at radius 2 is 1.87 bits per heavy atom. The maximum Gasteiger partial charge on any atom is 0.243 e. The number of carbonyl (C=O) groups is 1. The van der Waals surface area contributed by atoms with Crippen LogP contribution >= 0.6 is 35.6 Å². The molecule has 1 fully saturated rings. The number of halogens is 3. The van der Waals surface area contributed by atoms with Gasteiger partial charge in [-0.15, -0.1) is 12.4 Å². The quantitative estimate of drug-likeness (QED) is 0.828. The van der Waals surface area contributed by atoms with E-state index in [4.69, 9.17) is 23.2 Å². The molecule has 0 unspecified atom stereocenters. The summed E-state index contributed by atoms with van der Waals surface area (Å²) in [5.41, 5.74) is 0. The zero-order chi connectivity index (χ0) is 16.3. The summed E-state index contributed by atoms with van der Waals surface area (Å²) in [4.78, 5) is 13.8. The van der Waals surface area contributed by atoms with Gasteiger partial charge in [0.2, 0.25) is 15.9 Å². The molecule has 1 aliphatic rings. The summed E-state index contributed by atoms with van der Waals surface area (Å²) in [6.45, 7) is 2.39. The van der Waals surface area contributed by atoms with Crippen LogP contribution in [0.1, 0.15) is 0 Å². The normalized spacial score (nSPS) is 15.4. The lowest BCUT2D eigenvalue weighted by Crippen LogP contribution is -2.49. The molecule has 1 amide bonds. The third-order valence-electron chi connectivity index (χ3n) is 3.43. The molecule has 1 aromatic rings. The van der Waals surface area contributed by atoms with E-state index in [9.17, 15) is 13.2 Å². The number of nitrogens with one attached hydrogen (secondary N) is 1. The molecule has 0 saturated carbocycles. The van der Waals surface area contributed by atoms with Crippen molar-refractivity contribution in [2.75, 3.05) is 39.8 Å². The van der Waals surface area contributed by atoms with Crippen molar-refractivity contribution < 1.29 is 13.2 Å². The number of hydrogen-bond donors (Lipinski definition) is 1.